The molecule has 0 radical (unpaired) electrons. The molecule has 0 fully saturated rings. The number of furan rings is 1. The Bertz CT molecular complexity index is 2860. The fraction of sp³-hybridized carbons (Fsp3) is 0. The van der Waals surface area contributed by atoms with Crippen LogP contribution in [-0.2, 0) is 0 Å². The summed E-state index contributed by atoms with van der Waals surface area (Å²) in [6.07, 6.45) is 0. The van der Waals surface area contributed by atoms with Gasteiger partial charge < -0.3 is 4.42 Å². The molecule has 3 heterocycles. The lowest BCUT2D eigenvalue weighted by Crippen LogP contribution is -2.00. The fourth-order valence-corrected chi connectivity index (χ4v) is 7.86. The highest BCUT2D eigenvalue weighted by molar-refractivity contribution is 7.21. The van der Waals surface area contributed by atoms with Gasteiger partial charge in [0.1, 0.15) is 16.2 Å². The van der Waals surface area contributed by atoms with Gasteiger partial charge in [-0.15, -0.1) is 11.3 Å². The van der Waals surface area contributed by atoms with E-state index in [2.05, 4.69) is 109 Å². The highest BCUT2D eigenvalue weighted by Crippen LogP contribution is 2.42. The van der Waals surface area contributed by atoms with Crippen molar-refractivity contribution in [3.05, 3.63) is 170 Å². The molecule has 0 saturated carbocycles. The number of para-hydroxylation sites is 1. The quantitative estimate of drug-likeness (QED) is 0.174. The van der Waals surface area contributed by atoms with Gasteiger partial charge >= 0.3 is 0 Å². The molecule has 7 aromatic carbocycles. The molecule has 0 atom stereocenters. The normalized spacial score (nSPS) is 11.5. The van der Waals surface area contributed by atoms with Crippen molar-refractivity contribution < 1.29 is 4.42 Å². The first kappa shape index (κ1) is 30.1. The van der Waals surface area contributed by atoms with Gasteiger partial charge in [0.25, 0.3) is 0 Å². The molecule has 0 unspecified atom stereocenters. The predicted octanol–water partition coefficient (Wildman–Crippen LogP) is 12.4. The van der Waals surface area contributed by atoms with E-state index in [1.807, 2.05) is 60.7 Å². The molecule has 5 nitrogen and oxygen atoms in total. The van der Waals surface area contributed by atoms with Gasteiger partial charge in [-0.25, -0.2) is 19.9 Å². The van der Waals surface area contributed by atoms with E-state index in [-0.39, 0.29) is 0 Å². The largest absolute Gasteiger partial charge is 0.456 e. The molecule has 0 amide bonds. The van der Waals surface area contributed by atoms with E-state index in [4.69, 9.17) is 24.4 Å². The molecule has 0 aliphatic carbocycles. The minimum atomic E-state index is 0.586. The SMILES string of the molecule is c1ccc(-c2cccc(-c3nc(-c4ccccc4)nc(-c4cccc5oc6cccc(-c7ccc(-c8nc9ccccc9s8)cc7)c6c45)n3)c2)cc1. The molecule has 6 heteroatoms. The van der Waals surface area contributed by atoms with Crippen molar-refractivity contribution in [2.24, 2.45) is 0 Å². The maximum absolute atomic E-state index is 6.52. The van der Waals surface area contributed by atoms with Crippen LogP contribution in [0.2, 0.25) is 0 Å². The molecule has 10 aromatic rings. The number of rotatable bonds is 6. The van der Waals surface area contributed by atoms with Crippen molar-refractivity contribution in [2.75, 3.05) is 0 Å². The third-order valence-electron chi connectivity index (χ3n) is 9.40. The van der Waals surface area contributed by atoms with Crippen LogP contribution in [0.25, 0.3) is 99.1 Å². The van der Waals surface area contributed by atoms with Crippen LogP contribution in [0.1, 0.15) is 0 Å². The van der Waals surface area contributed by atoms with Crippen molar-refractivity contribution in [2.45, 2.75) is 0 Å². The number of thiazole rings is 1. The predicted molar refractivity (Wildman–Crippen MR) is 213 cm³/mol. The monoisotopic (exact) mass is 684 g/mol. The van der Waals surface area contributed by atoms with Crippen molar-refractivity contribution in [1.29, 1.82) is 0 Å². The first-order valence-electron chi connectivity index (χ1n) is 17.1. The van der Waals surface area contributed by atoms with Gasteiger partial charge in [0.2, 0.25) is 0 Å². The standard InChI is InChI=1S/C46H28N4OS/c1-3-12-29(13-4-1)33-16-9-17-34(28-33)44-48-43(31-14-5-2-6-15-31)49-45(50-44)36-19-11-22-39-42(36)41-35(18-10-21-38(41)51-39)30-24-26-32(27-25-30)46-47-37-20-7-8-23-40(37)52-46/h1-28H. The minimum absolute atomic E-state index is 0.586. The lowest BCUT2D eigenvalue weighted by atomic mass is 9.96. The molecule has 10 rings (SSSR count). The van der Waals surface area contributed by atoms with Gasteiger partial charge in [0.15, 0.2) is 17.5 Å². The molecule has 3 aromatic heterocycles. The Morgan fingerprint density at radius 1 is 0.365 bits per heavy atom. The fourth-order valence-electron chi connectivity index (χ4n) is 6.89. The molecule has 0 aliphatic heterocycles. The highest BCUT2D eigenvalue weighted by Gasteiger charge is 2.20. The molecular weight excluding hydrogens is 657 g/mol. The second-order valence-electron chi connectivity index (χ2n) is 12.6. The van der Waals surface area contributed by atoms with Gasteiger partial charge in [-0.05, 0) is 52.6 Å². The van der Waals surface area contributed by atoms with Crippen LogP contribution in [0.3, 0.4) is 0 Å². The Balaban J connectivity index is 1.14. The number of fused-ring (bicyclic) bond motifs is 4. The average molecular weight is 685 g/mol. The van der Waals surface area contributed by atoms with Crippen molar-refractivity contribution in [3.8, 4) is 67.0 Å². The maximum atomic E-state index is 6.52. The summed E-state index contributed by atoms with van der Waals surface area (Å²) in [6.45, 7) is 0. The van der Waals surface area contributed by atoms with Crippen LogP contribution in [0.5, 0.6) is 0 Å². The minimum Gasteiger partial charge on any atom is -0.456 e. The highest BCUT2D eigenvalue weighted by atomic mass is 32.1. The van der Waals surface area contributed by atoms with Crippen LogP contribution < -0.4 is 0 Å². The summed E-state index contributed by atoms with van der Waals surface area (Å²) < 4.78 is 7.70. The third-order valence-corrected chi connectivity index (χ3v) is 10.5. The van der Waals surface area contributed by atoms with E-state index in [0.29, 0.717) is 17.5 Å². The lowest BCUT2D eigenvalue weighted by molar-refractivity contribution is 0.669. The molecule has 0 N–H and O–H groups in total. The van der Waals surface area contributed by atoms with Crippen LogP contribution in [0, 0.1) is 0 Å². The van der Waals surface area contributed by atoms with Gasteiger partial charge in [0.05, 0.1) is 10.2 Å². The van der Waals surface area contributed by atoms with Crippen LogP contribution in [0.4, 0.5) is 0 Å². The van der Waals surface area contributed by atoms with Crippen LogP contribution in [0.15, 0.2) is 174 Å². The van der Waals surface area contributed by atoms with Crippen molar-refractivity contribution >= 4 is 43.5 Å². The lowest BCUT2D eigenvalue weighted by Gasteiger charge is -2.11. The Morgan fingerprint density at radius 2 is 0.923 bits per heavy atom. The zero-order valence-corrected chi connectivity index (χ0v) is 28.6. The molecule has 52 heavy (non-hydrogen) atoms. The summed E-state index contributed by atoms with van der Waals surface area (Å²) in [5.74, 6) is 1.81. The average Bonchev–Trinajstić information content (AvgIpc) is 3.84. The molecular formula is C46H28N4OS. The summed E-state index contributed by atoms with van der Waals surface area (Å²) in [5, 5.41) is 3.00. The van der Waals surface area contributed by atoms with E-state index in [1.54, 1.807) is 11.3 Å². The Labute approximate surface area is 303 Å². The van der Waals surface area contributed by atoms with E-state index in [0.717, 1.165) is 77.0 Å². The Hall–Kier alpha value is -6.76. The summed E-state index contributed by atoms with van der Waals surface area (Å²) >= 11 is 1.71. The number of hydrogen-bond donors (Lipinski definition) is 0. The van der Waals surface area contributed by atoms with Crippen molar-refractivity contribution in [3.63, 3.8) is 0 Å². The summed E-state index contributed by atoms with van der Waals surface area (Å²) in [5.41, 5.74) is 10.8. The Morgan fingerprint density at radius 3 is 1.67 bits per heavy atom. The first-order valence-corrected chi connectivity index (χ1v) is 18.0. The molecule has 244 valence electrons. The molecule has 0 aliphatic rings. The van der Waals surface area contributed by atoms with Crippen LogP contribution in [-0.4, -0.2) is 19.9 Å². The Kier molecular flexibility index (Phi) is 7.25. The zero-order chi connectivity index (χ0) is 34.4. The van der Waals surface area contributed by atoms with Gasteiger partial charge in [-0.2, -0.15) is 0 Å². The topological polar surface area (TPSA) is 64.7 Å². The molecule has 0 bridgehead atoms. The number of aromatic nitrogens is 4. The van der Waals surface area contributed by atoms with Crippen LogP contribution >= 0.6 is 11.3 Å². The number of benzene rings is 7. The number of hydrogen-bond acceptors (Lipinski definition) is 6. The molecule has 0 spiro atoms. The third kappa shape index (κ3) is 5.34. The summed E-state index contributed by atoms with van der Waals surface area (Å²) in [4.78, 5) is 20.2. The van der Waals surface area contributed by atoms with Gasteiger partial charge in [-0.1, -0.05) is 140 Å². The van der Waals surface area contributed by atoms with Gasteiger partial charge in [-0.3, -0.25) is 0 Å². The van der Waals surface area contributed by atoms with E-state index in [9.17, 15) is 0 Å². The summed E-state index contributed by atoms with van der Waals surface area (Å²) in [7, 11) is 0. The smallest absolute Gasteiger partial charge is 0.164 e. The van der Waals surface area contributed by atoms with Gasteiger partial charge in [0, 0.05) is 33.0 Å². The second-order valence-corrected chi connectivity index (χ2v) is 13.7. The van der Waals surface area contributed by atoms with E-state index < -0.39 is 0 Å². The second kappa shape index (κ2) is 12.5. The maximum Gasteiger partial charge on any atom is 0.164 e. The van der Waals surface area contributed by atoms with E-state index in [1.165, 1.54) is 4.70 Å². The van der Waals surface area contributed by atoms with E-state index >= 15 is 0 Å². The first-order chi connectivity index (χ1) is 25.7. The molecule has 0 saturated heterocycles. The summed E-state index contributed by atoms with van der Waals surface area (Å²) in [6, 6.07) is 58.1. The zero-order valence-electron chi connectivity index (χ0n) is 27.8. The van der Waals surface area contributed by atoms with Crippen molar-refractivity contribution in [1.82, 2.24) is 19.9 Å². The number of nitrogens with zero attached hydrogens (tertiary/aromatic N) is 4.